The van der Waals surface area contributed by atoms with Crippen LogP contribution in [0.4, 0.5) is 11.5 Å². The summed E-state index contributed by atoms with van der Waals surface area (Å²) in [5, 5.41) is 4.77. The average molecular weight is 454 g/mol. The zero-order valence-corrected chi connectivity index (χ0v) is 18.1. The maximum atomic E-state index is 11.0. The van der Waals surface area contributed by atoms with Crippen LogP contribution < -0.4 is 10.2 Å². The lowest BCUT2D eigenvalue weighted by atomic mass is 10.2. The van der Waals surface area contributed by atoms with Crippen molar-refractivity contribution in [1.82, 2.24) is 14.9 Å². The second kappa shape index (κ2) is 8.12. The summed E-state index contributed by atoms with van der Waals surface area (Å²) in [4.78, 5) is 13.5. The van der Waals surface area contributed by atoms with Crippen molar-refractivity contribution in [3.63, 3.8) is 0 Å². The van der Waals surface area contributed by atoms with E-state index in [2.05, 4.69) is 25.1 Å². The minimum absolute atomic E-state index is 0.279. The summed E-state index contributed by atoms with van der Waals surface area (Å²) in [5.74, 6) is 0.794. The van der Waals surface area contributed by atoms with Gasteiger partial charge in [0.05, 0.1) is 4.90 Å². The average Bonchev–Trinajstić information content (AvgIpc) is 3.18. The van der Waals surface area contributed by atoms with E-state index < -0.39 is 10.7 Å². The smallest absolute Gasteiger partial charge is 0.196 e. The van der Waals surface area contributed by atoms with E-state index in [9.17, 15) is 8.42 Å². The largest absolute Gasteiger partial charge is 0.450 e. The second-order valence-corrected chi connectivity index (χ2v) is 8.60. The minimum atomic E-state index is -2.58. The Morgan fingerprint density at radius 1 is 1.00 bits per heavy atom. The molecule has 0 amide bonds. The van der Waals surface area contributed by atoms with Crippen LogP contribution in [0.3, 0.4) is 0 Å². The van der Waals surface area contributed by atoms with Gasteiger partial charge in [-0.15, -0.1) is 0 Å². The Balaban J connectivity index is 1.28. The minimum Gasteiger partial charge on any atom is -0.450 e. The highest BCUT2D eigenvalue weighted by Gasteiger charge is 2.23. The van der Waals surface area contributed by atoms with Gasteiger partial charge in [0.2, 0.25) is 0 Å². The topological polar surface area (TPSA) is 91.6 Å². The van der Waals surface area contributed by atoms with Crippen molar-refractivity contribution in [3.8, 4) is 0 Å². The molecule has 1 aliphatic heterocycles. The Morgan fingerprint density at radius 3 is 2.48 bits per heavy atom. The van der Waals surface area contributed by atoms with Gasteiger partial charge in [-0.3, -0.25) is 0 Å². The van der Waals surface area contributed by atoms with Gasteiger partial charge in [-0.1, -0.05) is 12.1 Å². The van der Waals surface area contributed by atoms with Gasteiger partial charge in [0.25, 0.3) is 0 Å². The fourth-order valence-electron chi connectivity index (χ4n) is 3.73. The molecule has 1 saturated heterocycles. The number of fused-ring (bicyclic) bond motifs is 3. The van der Waals surface area contributed by atoms with Crippen molar-refractivity contribution < 1.29 is 12.8 Å². The van der Waals surface area contributed by atoms with Gasteiger partial charge in [0.15, 0.2) is 27.2 Å². The number of hydrogen-bond acceptors (Lipinski definition) is 7. The first-order valence-corrected chi connectivity index (χ1v) is 11.4. The van der Waals surface area contributed by atoms with Crippen molar-refractivity contribution in [2.75, 3.05) is 36.4 Å². The summed E-state index contributed by atoms with van der Waals surface area (Å²) in [7, 11) is -2.58. The van der Waals surface area contributed by atoms with Gasteiger partial charge in [-0.25, -0.2) is 18.4 Å². The van der Waals surface area contributed by atoms with Gasteiger partial charge < -0.3 is 19.5 Å². The third kappa shape index (κ3) is 3.79. The van der Waals surface area contributed by atoms with E-state index in [-0.39, 0.29) is 4.90 Å². The van der Waals surface area contributed by atoms with Gasteiger partial charge in [0.1, 0.15) is 17.4 Å². The van der Waals surface area contributed by atoms with Crippen LogP contribution >= 0.6 is 12.2 Å². The molecule has 4 aromatic rings. The van der Waals surface area contributed by atoms with Crippen LogP contribution in [0.25, 0.3) is 22.1 Å². The van der Waals surface area contributed by atoms with E-state index in [0.29, 0.717) is 10.7 Å². The lowest BCUT2D eigenvalue weighted by Gasteiger charge is -2.36. The zero-order chi connectivity index (χ0) is 21.4. The van der Waals surface area contributed by atoms with E-state index in [1.165, 1.54) is 0 Å². The molecule has 1 fully saturated rings. The predicted octanol–water partition coefficient (Wildman–Crippen LogP) is 2.87. The molecule has 0 radical (unpaired) electrons. The van der Waals surface area contributed by atoms with Crippen LogP contribution in [0.1, 0.15) is 0 Å². The number of para-hydroxylation sites is 1. The summed E-state index contributed by atoms with van der Waals surface area (Å²) in [6.07, 6.45) is 1.58. The number of benzene rings is 2. The number of furan rings is 1. The summed E-state index contributed by atoms with van der Waals surface area (Å²) in [6, 6.07) is 14.4. The van der Waals surface area contributed by atoms with Gasteiger partial charge in [-0.2, -0.15) is 0 Å². The molecule has 0 spiro atoms. The van der Waals surface area contributed by atoms with Gasteiger partial charge in [0, 0.05) is 37.3 Å². The lowest BCUT2D eigenvalue weighted by Crippen LogP contribution is -2.50. The molecule has 0 saturated carbocycles. The van der Waals surface area contributed by atoms with E-state index in [4.69, 9.17) is 16.6 Å². The van der Waals surface area contributed by atoms with E-state index >= 15 is 0 Å². The Morgan fingerprint density at radius 2 is 1.74 bits per heavy atom. The molecule has 10 heteroatoms. The summed E-state index contributed by atoms with van der Waals surface area (Å²) in [6.45, 7) is 2.92. The maximum Gasteiger partial charge on any atom is 0.196 e. The molecule has 8 nitrogen and oxygen atoms in total. The first-order chi connectivity index (χ1) is 15.1. The van der Waals surface area contributed by atoms with Gasteiger partial charge >= 0.3 is 0 Å². The molecule has 2 aromatic heterocycles. The van der Waals surface area contributed by atoms with Crippen LogP contribution in [0.15, 0.2) is 64.2 Å². The number of aromatic nitrogens is 2. The molecule has 0 aliphatic carbocycles. The van der Waals surface area contributed by atoms with E-state index in [0.717, 1.165) is 54.2 Å². The van der Waals surface area contributed by atoms with Crippen molar-refractivity contribution in [2.24, 2.45) is 0 Å². The highest BCUT2D eigenvalue weighted by atomic mass is 32.2. The molecule has 2 aromatic carbocycles. The van der Waals surface area contributed by atoms with Crippen LogP contribution in [0, 0.1) is 0 Å². The zero-order valence-electron chi connectivity index (χ0n) is 16.4. The molecule has 3 heterocycles. The fraction of sp³-hybridized carbons (Fsp3) is 0.190. The lowest BCUT2D eigenvalue weighted by molar-refractivity contribution is 0.389. The van der Waals surface area contributed by atoms with Crippen molar-refractivity contribution in [2.45, 2.75) is 4.90 Å². The maximum absolute atomic E-state index is 11.0. The van der Waals surface area contributed by atoms with Crippen LogP contribution in [-0.4, -0.2) is 54.6 Å². The molecule has 0 unspecified atom stereocenters. The molecule has 158 valence electrons. The highest BCUT2D eigenvalue weighted by molar-refractivity contribution is 7.80. The number of thiocarbonyl (C=S) groups is 1. The molecular formula is C21H19N5O3S2. The number of piperazine rings is 1. The van der Waals surface area contributed by atoms with Gasteiger partial charge in [-0.05, 0) is 48.6 Å². The number of hydrogen-bond donors (Lipinski definition) is 2. The molecule has 1 aliphatic rings. The Bertz CT molecular complexity index is 1330. The molecular weight excluding hydrogens is 434 g/mol. The first-order valence-electron chi connectivity index (χ1n) is 9.78. The highest BCUT2D eigenvalue weighted by Crippen LogP contribution is 2.32. The number of nitrogens with one attached hydrogen (secondary N) is 1. The number of rotatable bonds is 3. The Labute approximate surface area is 185 Å². The standard InChI is InChI=1S/C21H19N5O3S2/c27-31(28)15-7-5-14(6-8-15)24-21(30)26-11-9-25(10-12-26)20-19-18(22-13-23-20)16-3-1-2-4-17(16)29-19/h1-8,13,31H,9-12H2,(H,24,30). The Hall–Kier alpha value is -3.24. The summed E-state index contributed by atoms with van der Waals surface area (Å²) >= 11 is 5.55. The third-order valence-corrected chi connectivity index (χ3v) is 6.42. The number of thiol groups is 1. The molecule has 31 heavy (non-hydrogen) atoms. The van der Waals surface area contributed by atoms with Crippen molar-refractivity contribution >= 4 is 61.6 Å². The van der Waals surface area contributed by atoms with E-state index in [1.54, 1.807) is 30.6 Å². The van der Waals surface area contributed by atoms with Crippen molar-refractivity contribution in [3.05, 3.63) is 54.9 Å². The fourth-order valence-corrected chi connectivity index (χ4v) is 4.42. The Kier molecular flexibility index (Phi) is 5.16. The monoisotopic (exact) mass is 453 g/mol. The summed E-state index contributed by atoms with van der Waals surface area (Å²) in [5.41, 5.74) is 3.08. The second-order valence-electron chi connectivity index (χ2n) is 7.18. The van der Waals surface area contributed by atoms with Crippen LogP contribution in [0.2, 0.25) is 0 Å². The number of anilines is 2. The van der Waals surface area contributed by atoms with Crippen LogP contribution in [-0.2, 0) is 10.7 Å². The first kappa shape index (κ1) is 19.7. The quantitative estimate of drug-likeness (QED) is 0.359. The SMILES string of the molecule is O=[SH](=O)c1ccc(NC(=S)N2CCN(c3ncnc4c3oc3ccccc34)CC2)cc1. The van der Waals surface area contributed by atoms with E-state index in [1.807, 2.05) is 24.3 Å². The van der Waals surface area contributed by atoms with Crippen molar-refractivity contribution in [1.29, 1.82) is 0 Å². The molecule has 1 N–H and O–H groups in total. The molecule has 0 bridgehead atoms. The molecule has 5 rings (SSSR count). The molecule has 0 atom stereocenters. The predicted molar refractivity (Wildman–Crippen MR) is 124 cm³/mol. The third-order valence-electron chi connectivity index (χ3n) is 5.34. The summed E-state index contributed by atoms with van der Waals surface area (Å²) < 4.78 is 28.1. The normalized spacial score (nSPS) is 14.5. The number of nitrogens with zero attached hydrogens (tertiary/aromatic N) is 4. The van der Waals surface area contributed by atoms with Crippen LogP contribution in [0.5, 0.6) is 0 Å².